The predicted octanol–water partition coefficient (Wildman–Crippen LogP) is 3.32. The molecule has 0 N–H and O–H groups in total. The van der Waals surface area contributed by atoms with E-state index < -0.39 is 5.60 Å². The summed E-state index contributed by atoms with van der Waals surface area (Å²) in [5.41, 5.74) is 1.22. The number of rotatable bonds is 1. The third-order valence-electron chi connectivity index (χ3n) is 4.14. The van der Waals surface area contributed by atoms with Crippen molar-refractivity contribution in [3.63, 3.8) is 0 Å². The topological polar surface area (TPSA) is 45.7 Å². The van der Waals surface area contributed by atoms with Crippen molar-refractivity contribution in [1.29, 1.82) is 0 Å². The molecule has 0 bridgehead atoms. The van der Waals surface area contributed by atoms with Crippen molar-refractivity contribution in [1.82, 2.24) is 4.98 Å². The molecule has 0 saturated carbocycles. The Hall–Kier alpha value is -1.78. The molecule has 5 nitrogen and oxygen atoms in total. The summed E-state index contributed by atoms with van der Waals surface area (Å²) >= 11 is 0. The fraction of sp³-hybridized carbons (Fsp3) is 0.647. The van der Waals surface area contributed by atoms with E-state index in [1.807, 2.05) is 32.9 Å². The Balaban J connectivity index is 1.91. The third-order valence-corrected chi connectivity index (χ3v) is 4.14. The second-order valence-electron chi connectivity index (χ2n) is 7.83. The summed E-state index contributed by atoms with van der Waals surface area (Å²) < 4.78 is 5.53. The first-order valence-electron chi connectivity index (χ1n) is 7.94. The molecule has 1 amide bonds. The molecule has 3 rings (SSSR count). The van der Waals surface area contributed by atoms with Crippen LogP contribution in [0.5, 0.6) is 0 Å². The largest absolute Gasteiger partial charge is 0.443 e. The third kappa shape index (κ3) is 2.64. The summed E-state index contributed by atoms with van der Waals surface area (Å²) in [5.74, 6) is 1.02. The summed E-state index contributed by atoms with van der Waals surface area (Å²) in [6.07, 6.45) is 0.935. The number of fused-ring (bicyclic) bond motifs is 1. The van der Waals surface area contributed by atoms with Gasteiger partial charge in [0.25, 0.3) is 0 Å². The monoisotopic (exact) mass is 303 g/mol. The first kappa shape index (κ1) is 15.1. The smallest absolute Gasteiger partial charge is 0.414 e. The van der Waals surface area contributed by atoms with Crippen LogP contribution >= 0.6 is 0 Å². The fourth-order valence-electron chi connectivity index (χ4n) is 2.91. The van der Waals surface area contributed by atoms with E-state index in [4.69, 9.17) is 9.72 Å². The maximum atomic E-state index is 12.5. The van der Waals surface area contributed by atoms with E-state index in [9.17, 15) is 4.79 Å². The Bertz CT molecular complexity index is 600. The molecule has 120 valence electrons. The number of nitrogens with zero attached hydrogens (tertiary/aromatic N) is 3. The van der Waals surface area contributed by atoms with Crippen LogP contribution in [0, 0.1) is 0 Å². The maximum absolute atomic E-state index is 12.5. The highest BCUT2D eigenvalue weighted by atomic mass is 16.6. The molecule has 0 radical (unpaired) electrons. The number of carbonyl (C=O) groups excluding carboxylic acids is 1. The van der Waals surface area contributed by atoms with E-state index in [0.29, 0.717) is 6.54 Å². The lowest BCUT2D eigenvalue weighted by molar-refractivity contribution is 0.0579. The average molecular weight is 303 g/mol. The number of hydrogen-bond donors (Lipinski definition) is 0. The zero-order valence-corrected chi connectivity index (χ0v) is 14.1. The molecule has 0 atom stereocenters. The molecular weight excluding hydrogens is 278 g/mol. The van der Waals surface area contributed by atoms with Crippen LogP contribution in [-0.4, -0.2) is 36.3 Å². The highest BCUT2D eigenvalue weighted by Crippen LogP contribution is 2.41. The minimum Gasteiger partial charge on any atom is -0.443 e. The number of pyridine rings is 1. The number of anilines is 2. The molecule has 0 aromatic carbocycles. The van der Waals surface area contributed by atoms with Crippen LogP contribution in [-0.2, 0) is 10.2 Å². The van der Waals surface area contributed by atoms with Crippen LogP contribution in [0.15, 0.2) is 12.1 Å². The Morgan fingerprint density at radius 1 is 1.27 bits per heavy atom. The van der Waals surface area contributed by atoms with Gasteiger partial charge in [-0.05, 0) is 39.3 Å². The van der Waals surface area contributed by atoms with Gasteiger partial charge in [-0.15, -0.1) is 0 Å². The molecule has 0 unspecified atom stereocenters. The molecule has 0 spiro atoms. The van der Waals surface area contributed by atoms with E-state index in [1.165, 1.54) is 6.42 Å². The molecule has 1 fully saturated rings. The van der Waals surface area contributed by atoms with Gasteiger partial charge in [-0.1, -0.05) is 13.8 Å². The summed E-state index contributed by atoms with van der Waals surface area (Å²) in [6.45, 7) is 12.7. The molecule has 1 aromatic rings. The molecule has 22 heavy (non-hydrogen) atoms. The van der Waals surface area contributed by atoms with E-state index in [2.05, 4.69) is 18.7 Å². The molecule has 1 aromatic heterocycles. The van der Waals surface area contributed by atoms with Crippen molar-refractivity contribution < 1.29 is 9.53 Å². The highest BCUT2D eigenvalue weighted by Gasteiger charge is 2.41. The lowest BCUT2D eigenvalue weighted by Gasteiger charge is -2.32. The van der Waals surface area contributed by atoms with Crippen LogP contribution in [0.4, 0.5) is 16.3 Å². The van der Waals surface area contributed by atoms with Gasteiger partial charge in [0.2, 0.25) is 0 Å². The molecule has 1 saturated heterocycles. The van der Waals surface area contributed by atoms with E-state index in [-0.39, 0.29) is 11.5 Å². The van der Waals surface area contributed by atoms with Gasteiger partial charge in [0, 0.05) is 25.0 Å². The van der Waals surface area contributed by atoms with E-state index >= 15 is 0 Å². The van der Waals surface area contributed by atoms with Gasteiger partial charge < -0.3 is 9.64 Å². The van der Waals surface area contributed by atoms with E-state index in [0.717, 1.165) is 30.3 Å². The molecule has 0 aliphatic carbocycles. The highest BCUT2D eigenvalue weighted by molar-refractivity contribution is 5.91. The van der Waals surface area contributed by atoms with Gasteiger partial charge in [-0.2, -0.15) is 0 Å². The number of amides is 1. The number of ether oxygens (including phenoxy) is 1. The average Bonchev–Trinajstić information content (AvgIpc) is 2.57. The van der Waals surface area contributed by atoms with Crippen molar-refractivity contribution in [2.45, 2.75) is 52.1 Å². The van der Waals surface area contributed by atoms with Crippen LogP contribution in [0.25, 0.3) is 0 Å². The minimum atomic E-state index is -0.491. The SMILES string of the molecule is CC(C)(C)OC(=O)N1CC(C)(C)c2nc(N3CCC3)ccc21. The quantitative estimate of drug-likeness (QED) is 0.798. The lowest BCUT2D eigenvalue weighted by Crippen LogP contribution is -2.38. The number of carbonyl (C=O) groups is 1. The summed E-state index contributed by atoms with van der Waals surface area (Å²) in [7, 11) is 0. The van der Waals surface area contributed by atoms with Gasteiger partial charge in [0.1, 0.15) is 11.4 Å². The predicted molar refractivity (Wildman–Crippen MR) is 87.7 cm³/mol. The van der Waals surface area contributed by atoms with Crippen LogP contribution < -0.4 is 9.80 Å². The zero-order valence-electron chi connectivity index (χ0n) is 14.1. The maximum Gasteiger partial charge on any atom is 0.414 e. The molecule has 2 aliphatic heterocycles. The number of hydrogen-bond acceptors (Lipinski definition) is 4. The van der Waals surface area contributed by atoms with Crippen molar-refractivity contribution in [3.05, 3.63) is 17.8 Å². The van der Waals surface area contributed by atoms with E-state index in [1.54, 1.807) is 4.90 Å². The van der Waals surface area contributed by atoms with Gasteiger partial charge in [-0.25, -0.2) is 9.78 Å². The van der Waals surface area contributed by atoms with Crippen LogP contribution in [0.2, 0.25) is 0 Å². The first-order chi connectivity index (χ1) is 10.2. The van der Waals surface area contributed by atoms with Gasteiger partial charge in [-0.3, -0.25) is 4.90 Å². The number of aromatic nitrogens is 1. The lowest BCUT2D eigenvalue weighted by atomic mass is 9.91. The minimum absolute atomic E-state index is 0.160. The van der Waals surface area contributed by atoms with Crippen molar-refractivity contribution >= 4 is 17.6 Å². The molecule has 2 aliphatic rings. The first-order valence-corrected chi connectivity index (χ1v) is 7.94. The Morgan fingerprint density at radius 2 is 1.95 bits per heavy atom. The Morgan fingerprint density at radius 3 is 2.50 bits per heavy atom. The van der Waals surface area contributed by atoms with Crippen LogP contribution in [0.1, 0.15) is 46.7 Å². The summed E-state index contributed by atoms with van der Waals surface area (Å²) in [6, 6.07) is 4.02. The van der Waals surface area contributed by atoms with Crippen LogP contribution in [0.3, 0.4) is 0 Å². The van der Waals surface area contributed by atoms with Gasteiger partial charge in [0.05, 0.1) is 11.4 Å². The molecular formula is C17H25N3O2. The van der Waals surface area contributed by atoms with Crippen molar-refractivity contribution in [3.8, 4) is 0 Å². The Kier molecular flexibility index (Phi) is 3.34. The molecule has 5 heteroatoms. The summed E-state index contributed by atoms with van der Waals surface area (Å²) in [5, 5.41) is 0. The fourth-order valence-corrected chi connectivity index (χ4v) is 2.91. The molecule has 3 heterocycles. The van der Waals surface area contributed by atoms with Crippen molar-refractivity contribution in [2.24, 2.45) is 0 Å². The second kappa shape index (κ2) is 4.86. The van der Waals surface area contributed by atoms with Gasteiger partial charge in [0.15, 0.2) is 0 Å². The second-order valence-corrected chi connectivity index (χ2v) is 7.83. The standard InChI is InChI=1S/C17H25N3O2/c1-16(2,3)22-15(21)20-11-17(4,5)14-12(20)7-8-13(18-14)19-9-6-10-19/h7-8H,6,9-11H2,1-5H3. The van der Waals surface area contributed by atoms with Gasteiger partial charge >= 0.3 is 6.09 Å². The Labute approximate surface area is 132 Å². The normalized spacial score (nSPS) is 19.7. The van der Waals surface area contributed by atoms with Crippen molar-refractivity contribution in [2.75, 3.05) is 29.4 Å². The summed E-state index contributed by atoms with van der Waals surface area (Å²) in [4.78, 5) is 21.3. The zero-order chi connectivity index (χ0) is 16.1.